The summed E-state index contributed by atoms with van der Waals surface area (Å²) in [6.45, 7) is 0.590. The van der Waals surface area contributed by atoms with Crippen molar-refractivity contribution in [1.29, 1.82) is 0 Å². The lowest BCUT2D eigenvalue weighted by atomic mass is 10.2. The van der Waals surface area contributed by atoms with Gasteiger partial charge < -0.3 is 4.84 Å². The molecule has 0 bridgehead atoms. The minimum Gasteiger partial charge on any atom is -0.304 e. The number of hydrogen-bond acceptors (Lipinski definition) is 3. The van der Waals surface area contributed by atoms with E-state index in [2.05, 4.69) is 35.2 Å². The normalized spacial score (nSPS) is 10.8. The highest BCUT2D eigenvalue weighted by Crippen LogP contribution is 2.25. The molecular weight excluding hydrogens is 182 g/mol. The number of thiophene rings is 1. The molecule has 0 radical (unpaired) electrons. The molecule has 3 heteroatoms. The van der Waals surface area contributed by atoms with Gasteiger partial charge in [0, 0.05) is 16.0 Å². The second-order valence-electron chi connectivity index (χ2n) is 2.87. The zero-order chi connectivity index (χ0) is 9.10. The van der Waals surface area contributed by atoms with Crippen molar-refractivity contribution in [3.05, 3.63) is 35.2 Å². The Kier molecular flexibility index (Phi) is 2.59. The van der Waals surface area contributed by atoms with Gasteiger partial charge in [-0.05, 0) is 17.5 Å². The summed E-state index contributed by atoms with van der Waals surface area (Å²) in [5.74, 6) is 4.98. The molecule has 0 aliphatic carbocycles. The van der Waals surface area contributed by atoms with Crippen molar-refractivity contribution in [2.24, 2.45) is 5.90 Å². The van der Waals surface area contributed by atoms with Crippen LogP contribution in [0.4, 0.5) is 0 Å². The molecular formula is C10H11NOS. The summed E-state index contributed by atoms with van der Waals surface area (Å²) in [7, 11) is 0. The number of fused-ring (bicyclic) bond motifs is 1. The molecule has 2 rings (SSSR count). The first-order valence-electron chi connectivity index (χ1n) is 4.19. The van der Waals surface area contributed by atoms with Gasteiger partial charge in [-0.2, -0.15) is 0 Å². The highest BCUT2D eigenvalue weighted by molar-refractivity contribution is 7.19. The SMILES string of the molecule is NOCCc1cc2ccccc2s1. The molecule has 68 valence electrons. The highest BCUT2D eigenvalue weighted by atomic mass is 32.1. The van der Waals surface area contributed by atoms with Gasteiger partial charge in [0.25, 0.3) is 0 Å². The van der Waals surface area contributed by atoms with Crippen LogP contribution < -0.4 is 5.90 Å². The summed E-state index contributed by atoms with van der Waals surface area (Å²) in [4.78, 5) is 5.87. The maximum absolute atomic E-state index is 4.98. The van der Waals surface area contributed by atoms with Crippen molar-refractivity contribution in [3.63, 3.8) is 0 Å². The molecule has 0 amide bonds. The fourth-order valence-corrected chi connectivity index (χ4v) is 2.36. The summed E-state index contributed by atoms with van der Waals surface area (Å²) in [5.41, 5.74) is 0. The number of hydrogen-bond donors (Lipinski definition) is 1. The molecule has 2 aromatic rings. The standard InChI is InChI=1S/C10H11NOS/c11-12-6-5-9-7-8-3-1-2-4-10(8)13-9/h1-4,7H,5-6,11H2. The predicted molar refractivity (Wildman–Crippen MR) is 55.7 cm³/mol. The lowest BCUT2D eigenvalue weighted by Gasteiger charge is -1.92. The maximum atomic E-state index is 4.98. The lowest BCUT2D eigenvalue weighted by molar-refractivity contribution is 0.142. The number of benzene rings is 1. The van der Waals surface area contributed by atoms with Crippen molar-refractivity contribution in [3.8, 4) is 0 Å². The van der Waals surface area contributed by atoms with Crippen LogP contribution in [0.15, 0.2) is 30.3 Å². The highest BCUT2D eigenvalue weighted by Gasteiger charge is 1.99. The Hall–Kier alpha value is -0.900. The van der Waals surface area contributed by atoms with Crippen LogP contribution in [-0.2, 0) is 11.3 Å². The minimum absolute atomic E-state index is 0.590. The smallest absolute Gasteiger partial charge is 0.0727 e. The fourth-order valence-electron chi connectivity index (χ4n) is 1.32. The van der Waals surface area contributed by atoms with Crippen LogP contribution in [-0.4, -0.2) is 6.61 Å². The van der Waals surface area contributed by atoms with E-state index in [4.69, 9.17) is 5.90 Å². The van der Waals surface area contributed by atoms with Gasteiger partial charge in [0.1, 0.15) is 0 Å². The van der Waals surface area contributed by atoms with Crippen molar-refractivity contribution in [2.45, 2.75) is 6.42 Å². The van der Waals surface area contributed by atoms with Crippen molar-refractivity contribution >= 4 is 21.4 Å². The number of rotatable bonds is 3. The van der Waals surface area contributed by atoms with Gasteiger partial charge >= 0.3 is 0 Å². The quantitative estimate of drug-likeness (QED) is 0.759. The minimum atomic E-state index is 0.590. The Bertz CT molecular complexity index is 363. The molecule has 0 spiro atoms. The molecule has 0 fully saturated rings. The molecule has 2 nitrogen and oxygen atoms in total. The predicted octanol–water partition coefficient (Wildman–Crippen LogP) is 2.33. The van der Waals surface area contributed by atoms with Crippen LogP contribution in [0.3, 0.4) is 0 Å². The zero-order valence-corrected chi connectivity index (χ0v) is 8.01. The van der Waals surface area contributed by atoms with Crippen LogP contribution in [0.5, 0.6) is 0 Å². The molecule has 0 saturated carbocycles. The van der Waals surface area contributed by atoms with Gasteiger partial charge in [-0.3, -0.25) is 0 Å². The van der Waals surface area contributed by atoms with E-state index in [-0.39, 0.29) is 0 Å². The van der Waals surface area contributed by atoms with Crippen molar-refractivity contribution in [2.75, 3.05) is 6.61 Å². The van der Waals surface area contributed by atoms with E-state index in [1.54, 1.807) is 11.3 Å². The molecule has 2 N–H and O–H groups in total. The van der Waals surface area contributed by atoms with Crippen LogP contribution in [0, 0.1) is 0 Å². The van der Waals surface area contributed by atoms with E-state index in [9.17, 15) is 0 Å². The van der Waals surface area contributed by atoms with Crippen molar-refractivity contribution in [1.82, 2.24) is 0 Å². The van der Waals surface area contributed by atoms with Gasteiger partial charge in [-0.1, -0.05) is 18.2 Å². The molecule has 1 aromatic carbocycles. The average Bonchev–Trinajstić information content (AvgIpc) is 2.57. The van der Waals surface area contributed by atoms with E-state index < -0.39 is 0 Å². The van der Waals surface area contributed by atoms with Gasteiger partial charge in [0.15, 0.2) is 0 Å². The van der Waals surface area contributed by atoms with Crippen molar-refractivity contribution < 1.29 is 4.84 Å². The Morgan fingerprint density at radius 1 is 1.31 bits per heavy atom. The van der Waals surface area contributed by atoms with Crippen LogP contribution in [0.25, 0.3) is 10.1 Å². The maximum Gasteiger partial charge on any atom is 0.0727 e. The van der Waals surface area contributed by atoms with E-state index in [0.29, 0.717) is 6.61 Å². The van der Waals surface area contributed by atoms with E-state index in [1.165, 1.54) is 15.0 Å². The molecule has 0 saturated heterocycles. The third-order valence-electron chi connectivity index (χ3n) is 1.94. The van der Waals surface area contributed by atoms with Gasteiger partial charge in [-0.25, -0.2) is 5.90 Å². The number of nitrogens with two attached hydrogens (primary N) is 1. The lowest BCUT2D eigenvalue weighted by Crippen LogP contribution is -2.02. The first-order valence-corrected chi connectivity index (χ1v) is 5.01. The molecule has 0 atom stereocenters. The second kappa shape index (κ2) is 3.87. The van der Waals surface area contributed by atoms with E-state index in [1.807, 2.05) is 0 Å². The fraction of sp³-hybridized carbons (Fsp3) is 0.200. The molecule has 13 heavy (non-hydrogen) atoms. The Labute approximate surface area is 80.9 Å². The Balaban J connectivity index is 2.28. The average molecular weight is 193 g/mol. The summed E-state index contributed by atoms with van der Waals surface area (Å²) < 4.78 is 1.33. The first-order chi connectivity index (χ1) is 6.40. The molecule has 1 aromatic heterocycles. The molecule has 1 heterocycles. The third kappa shape index (κ3) is 1.88. The topological polar surface area (TPSA) is 35.2 Å². The Morgan fingerprint density at radius 3 is 2.92 bits per heavy atom. The van der Waals surface area contributed by atoms with Crippen LogP contribution >= 0.6 is 11.3 Å². The van der Waals surface area contributed by atoms with Gasteiger partial charge in [0.05, 0.1) is 6.61 Å². The first kappa shape index (κ1) is 8.69. The third-order valence-corrected chi connectivity index (χ3v) is 3.12. The largest absolute Gasteiger partial charge is 0.304 e. The zero-order valence-electron chi connectivity index (χ0n) is 7.19. The summed E-state index contributed by atoms with van der Waals surface area (Å²) >= 11 is 1.80. The molecule has 0 aliphatic rings. The van der Waals surface area contributed by atoms with Crippen LogP contribution in [0.2, 0.25) is 0 Å². The second-order valence-corrected chi connectivity index (χ2v) is 4.04. The van der Waals surface area contributed by atoms with Crippen LogP contribution in [0.1, 0.15) is 4.88 Å². The summed E-state index contributed by atoms with van der Waals surface area (Å²) in [6.07, 6.45) is 0.899. The van der Waals surface area contributed by atoms with Gasteiger partial charge in [0.2, 0.25) is 0 Å². The monoisotopic (exact) mass is 193 g/mol. The summed E-state index contributed by atoms with van der Waals surface area (Å²) in [5, 5.41) is 1.31. The molecule has 0 aliphatic heterocycles. The molecule has 0 unspecified atom stereocenters. The van der Waals surface area contributed by atoms with Gasteiger partial charge in [-0.15, -0.1) is 11.3 Å². The summed E-state index contributed by atoms with van der Waals surface area (Å²) in [6, 6.07) is 10.6. The van der Waals surface area contributed by atoms with E-state index >= 15 is 0 Å². The Morgan fingerprint density at radius 2 is 2.15 bits per heavy atom. The van der Waals surface area contributed by atoms with E-state index in [0.717, 1.165) is 6.42 Å².